The molecule has 0 aliphatic rings. The second-order valence-electron chi connectivity index (χ2n) is 4.42. The van der Waals surface area contributed by atoms with Gasteiger partial charge in [-0.05, 0) is 24.3 Å². The highest BCUT2D eigenvalue weighted by atomic mass is 79.9. The van der Waals surface area contributed by atoms with E-state index in [1.807, 2.05) is 0 Å². The number of nitrogens with zero attached hydrogens (tertiary/aromatic N) is 1. The minimum atomic E-state index is -2.70. The van der Waals surface area contributed by atoms with E-state index >= 15 is 0 Å². The van der Waals surface area contributed by atoms with Crippen molar-refractivity contribution in [2.24, 2.45) is 0 Å². The highest BCUT2D eigenvalue weighted by Gasteiger charge is 2.14. The molecule has 24 heavy (non-hydrogen) atoms. The van der Waals surface area contributed by atoms with Crippen LogP contribution in [0.2, 0.25) is 0 Å². The number of alkyl halides is 4. The van der Waals surface area contributed by atoms with Crippen LogP contribution in [0.1, 0.15) is 24.0 Å². The van der Waals surface area contributed by atoms with Crippen LogP contribution in [0, 0.1) is 10.1 Å². The fourth-order valence-electron chi connectivity index (χ4n) is 1.59. The zero-order valence-electron chi connectivity index (χ0n) is 11.7. The second-order valence-corrected chi connectivity index (χ2v) is 6.25. The van der Waals surface area contributed by atoms with Crippen molar-refractivity contribution in [3.8, 4) is 0 Å². The number of halogens is 6. The monoisotopic (exact) mass is 472 g/mol. The first-order valence-corrected chi connectivity index (χ1v) is 7.76. The van der Waals surface area contributed by atoms with Gasteiger partial charge in [-0.25, -0.2) is 17.6 Å². The maximum absolute atomic E-state index is 12.1. The molecule has 130 valence electrons. The lowest BCUT2D eigenvalue weighted by molar-refractivity contribution is -0.385. The molecule has 0 fully saturated rings. The maximum atomic E-state index is 12.1. The first-order valence-electron chi connectivity index (χ1n) is 6.17. The molecule has 10 heteroatoms. The second kappa shape index (κ2) is 8.97. The number of rotatable bonds is 3. The average molecular weight is 474 g/mol. The third-order valence-electron chi connectivity index (χ3n) is 2.56. The zero-order chi connectivity index (χ0) is 18.4. The van der Waals surface area contributed by atoms with Crippen molar-refractivity contribution in [2.45, 2.75) is 12.9 Å². The van der Waals surface area contributed by atoms with Crippen molar-refractivity contribution in [3.05, 3.63) is 66.6 Å². The molecule has 0 saturated carbocycles. The van der Waals surface area contributed by atoms with Crippen LogP contribution in [0.25, 0.3) is 0 Å². The number of nitro benzene ring substituents is 1. The van der Waals surface area contributed by atoms with Gasteiger partial charge in [0.25, 0.3) is 18.5 Å². The van der Waals surface area contributed by atoms with Crippen LogP contribution in [0.3, 0.4) is 0 Å². The van der Waals surface area contributed by atoms with Crippen LogP contribution in [0.4, 0.5) is 28.9 Å². The molecule has 0 amide bonds. The first-order chi connectivity index (χ1) is 11.1. The van der Waals surface area contributed by atoms with Gasteiger partial charge in [0.1, 0.15) is 0 Å². The lowest BCUT2D eigenvalue weighted by atomic mass is 10.2. The van der Waals surface area contributed by atoms with Crippen LogP contribution in [-0.2, 0) is 0 Å². The fraction of sp³-hybridized carbons (Fsp3) is 0.143. The Labute approximate surface area is 151 Å². The van der Waals surface area contributed by atoms with Gasteiger partial charge in [-0.15, -0.1) is 0 Å². The molecule has 0 atom stereocenters. The van der Waals surface area contributed by atoms with Gasteiger partial charge < -0.3 is 5.73 Å². The number of nitrogen functional groups attached to an aromatic ring is 1. The van der Waals surface area contributed by atoms with Crippen molar-refractivity contribution in [3.63, 3.8) is 0 Å². The topological polar surface area (TPSA) is 69.2 Å². The molecule has 4 nitrogen and oxygen atoms in total. The lowest BCUT2D eigenvalue weighted by Gasteiger charge is -2.01. The molecule has 2 aromatic carbocycles. The van der Waals surface area contributed by atoms with Crippen molar-refractivity contribution < 1.29 is 22.5 Å². The van der Waals surface area contributed by atoms with Crippen molar-refractivity contribution in [1.29, 1.82) is 0 Å². The van der Waals surface area contributed by atoms with E-state index in [1.165, 1.54) is 18.2 Å². The molecule has 0 radical (unpaired) electrons. The van der Waals surface area contributed by atoms with Gasteiger partial charge in [-0.2, -0.15) is 0 Å². The minimum Gasteiger partial charge on any atom is -0.399 e. The van der Waals surface area contributed by atoms with Gasteiger partial charge in [0, 0.05) is 37.9 Å². The van der Waals surface area contributed by atoms with E-state index in [-0.39, 0.29) is 21.3 Å². The van der Waals surface area contributed by atoms with Crippen molar-refractivity contribution in [2.75, 3.05) is 5.73 Å². The predicted octanol–water partition coefficient (Wildman–Crippen LogP) is 6.26. The molecule has 2 rings (SSSR count). The van der Waals surface area contributed by atoms with E-state index in [0.29, 0.717) is 10.2 Å². The largest absolute Gasteiger partial charge is 0.399 e. The van der Waals surface area contributed by atoms with E-state index in [1.54, 1.807) is 6.07 Å². The van der Waals surface area contributed by atoms with Crippen LogP contribution in [0.15, 0.2) is 45.3 Å². The predicted molar refractivity (Wildman–Crippen MR) is 89.3 cm³/mol. The smallest absolute Gasteiger partial charge is 0.271 e. The van der Waals surface area contributed by atoms with E-state index < -0.39 is 17.8 Å². The summed E-state index contributed by atoms with van der Waals surface area (Å²) in [6.07, 6.45) is -5.16. The van der Waals surface area contributed by atoms with E-state index in [2.05, 4.69) is 31.9 Å². The Kier molecular flexibility index (Phi) is 7.61. The molecule has 0 heterocycles. The Morgan fingerprint density at radius 3 is 1.75 bits per heavy atom. The van der Waals surface area contributed by atoms with Gasteiger partial charge in [0.05, 0.1) is 4.92 Å². The molecular weight excluding hydrogens is 464 g/mol. The molecule has 0 saturated heterocycles. The molecule has 0 bridgehead atoms. The van der Waals surface area contributed by atoms with E-state index in [4.69, 9.17) is 5.73 Å². The normalized spacial score (nSPS) is 10.5. The van der Waals surface area contributed by atoms with Crippen molar-refractivity contribution in [1.82, 2.24) is 0 Å². The van der Waals surface area contributed by atoms with Crippen LogP contribution in [-0.4, -0.2) is 4.92 Å². The highest BCUT2D eigenvalue weighted by molar-refractivity contribution is 9.10. The summed E-state index contributed by atoms with van der Waals surface area (Å²) in [6.45, 7) is 0. The number of non-ortho nitro benzene ring substituents is 1. The summed E-state index contributed by atoms with van der Waals surface area (Å²) in [7, 11) is 0. The summed E-state index contributed by atoms with van der Waals surface area (Å²) in [6, 6.07) is 7.36. The average Bonchev–Trinajstić information content (AvgIpc) is 2.46. The molecule has 2 N–H and O–H groups in total. The van der Waals surface area contributed by atoms with Crippen molar-refractivity contribution >= 4 is 43.2 Å². The highest BCUT2D eigenvalue weighted by Crippen LogP contribution is 2.27. The molecule has 0 aromatic heterocycles. The zero-order valence-corrected chi connectivity index (χ0v) is 14.9. The molecule has 0 aliphatic carbocycles. The number of hydrogen-bond acceptors (Lipinski definition) is 3. The van der Waals surface area contributed by atoms with Crippen LogP contribution >= 0.6 is 31.9 Å². The van der Waals surface area contributed by atoms with E-state index in [9.17, 15) is 27.7 Å². The first kappa shape index (κ1) is 20.4. The summed E-state index contributed by atoms with van der Waals surface area (Å²) < 4.78 is 49.2. The van der Waals surface area contributed by atoms with Crippen LogP contribution in [0.5, 0.6) is 0 Å². The quantitative estimate of drug-likeness (QED) is 0.247. The van der Waals surface area contributed by atoms with E-state index in [0.717, 1.165) is 12.1 Å². The fourth-order valence-corrected chi connectivity index (χ4v) is 2.62. The summed E-state index contributed by atoms with van der Waals surface area (Å²) in [5.74, 6) is 0. The van der Waals surface area contributed by atoms with Gasteiger partial charge >= 0.3 is 0 Å². The van der Waals surface area contributed by atoms with Gasteiger partial charge in [0.2, 0.25) is 0 Å². The minimum absolute atomic E-state index is 0.0584. The Balaban J connectivity index is 0.000000243. The lowest BCUT2D eigenvalue weighted by Crippen LogP contribution is -1.91. The number of hydrogen-bond donors (Lipinski definition) is 1. The summed E-state index contributed by atoms with van der Waals surface area (Å²) in [5.41, 5.74) is 4.91. The number of nitrogens with two attached hydrogens (primary N) is 1. The van der Waals surface area contributed by atoms with Crippen LogP contribution < -0.4 is 5.73 Å². The summed E-state index contributed by atoms with van der Waals surface area (Å²) in [4.78, 5) is 9.56. The number of nitro groups is 1. The third-order valence-corrected chi connectivity index (χ3v) is 3.48. The Hall–Kier alpha value is -1.68. The third kappa shape index (κ3) is 6.44. The Bertz CT molecular complexity index is 710. The number of benzene rings is 2. The van der Waals surface area contributed by atoms with Gasteiger partial charge in [-0.3, -0.25) is 10.1 Å². The number of anilines is 1. The summed E-state index contributed by atoms with van der Waals surface area (Å²) in [5, 5.41) is 10.3. The maximum Gasteiger partial charge on any atom is 0.271 e. The molecule has 2 aromatic rings. The SMILES string of the molecule is Nc1cc(Br)cc(C(F)F)c1.O=[N+]([O-])c1cc(Br)cc(C(F)F)c1. The molecular formula is C14H10Br2F4N2O2. The summed E-state index contributed by atoms with van der Waals surface area (Å²) >= 11 is 5.98. The molecule has 0 spiro atoms. The Morgan fingerprint density at radius 1 is 0.875 bits per heavy atom. The van der Waals surface area contributed by atoms with Gasteiger partial charge in [0.15, 0.2) is 0 Å². The Morgan fingerprint density at radius 2 is 1.33 bits per heavy atom. The standard InChI is InChI=1S/C7H4BrF2NO2.C7H6BrF2N/c8-5-1-4(7(9)10)2-6(3-5)11(12)13;8-5-1-4(7(9)10)2-6(11)3-5/h1-3,7H;1-3,7H,11H2. The van der Waals surface area contributed by atoms with Gasteiger partial charge in [-0.1, -0.05) is 31.9 Å². The molecule has 0 unspecified atom stereocenters. The molecule has 0 aliphatic heterocycles.